The summed E-state index contributed by atoms with van der Waals surface area (Å²) >= 11 is 5.32. The van der Waals surface area contributed by atoms with E-state index in [-0.39, 0.29) is 0 Å². The molecule has 0 heterocycles. The van der Waals surface area contributed by atoms with Crippen molar-refractivity contribution >= 4 is 17.3 Å². The summed E-state index contributed by atoms with van der Waals surface area (Å²) in [6, 6.07) is 3.48. The lowest BCUT2D eigenvalue weighted by atomic mass is 10.2. The molecule has 72 valence electrons. The Morgan fingerprint density at radius 3 is 2.31 bits per heavy atom. The molecule has 1 aromatic carbocycles. The standard InChI is InChI=1S/C7H5ClF3NO/c8-4-2-1-3-5(12-13)6(4)7(9,10)11/h1-3,12-13H. The Balaban J connectivity index is 3.32. The van der Waals surface area contributed by atoms with Gasteiger partial charge in [-0.2, -0.15) is 13.2 Å². The van der Waals surface area contributed by atoms with E-state index in [1.807, 2.05) is 0 Å². The second-order valence-corrected chi connectivity index (χ2v) is 2.68. The minimum atomic E-state index is -4.58. The van der Waals surface area contributed by atoms with Gasteiger partial charge in [0, 0.05) is 0 Å². The van der Waals surface area contributed by atoms with Gasteiger partial charge < -0.3 is 0 Å². The SMILES string of the molecule is ONc1cccc(Cl)c1C(F)(F)F. The molecule has 13 heavy (non-hydrogen) atoms. The normalized spacial score (nSPS) is 11.5. The van der Waals surface area contributed by atoms with Crippen LogP contribution in [0.15, 0.2) is 18.2 Å². The van der Waals surface area contributed by atoms with Gasteiger partial charge in [-0.25, -0.2) is 0 Å². The van der Waals surface area contributed by atoms with Crippen LogP contribution in [-0.4, -0.2) is 5.21 Å². The lowest BCUT2D eigenvalue weighted by Gasteiger charge is -2.12. The molecule has 0 saturated carbocycles. The van der Waals surface area contributed by atoms with E-state index >= 15 is 0 Å². The van der Waals surface area contributed by atoms with Crippen molar-refractivity contribution in [3.63, 3.8) is 0 Å². The second-order valence-electron chi connectivity index (χ2n) is 2.27. The number of hydrogen-bond donors (Lipinski definition) is 2. The van der Waals surface area contributed by atoms with E-state index in [4.69, 9.17) is 16.8 Å². The van der Waals surface area contributed by atoms with Crippen molar-refractivity contribution in [1.29, 1.82) is 0 Å². The summed E-state index contributed by atoms with van der Waals surface area (Å²) in [5, 5.41) is 7.95. The molecule has 0 saturated heterocycles. The molecule has 0 aromatic heterocycles. The first-order valence-corrected chi connectivity index (χ1v) is 3.60. The first kappa shape index (κ1) is 10.1. The Kier molecular flexibility index (Phi) is 2.68. The largest absolute Gasteiger partial charge is 0.419 e. The zero-order valence-corrected chi connectivity index (χ0v) is 6.95. The number of nitrogens with one attached hydrogen (secondary N) is 1. The number of rotatable bonds is 1. The summed E-state index contributed by atoms with van der Waals surface area (Å²) < 4.78 is 36.8. The maximum absolute atomic E-state index is 12.3. The number of halogens is 4. The van der Waals surface area contributed by atoms with Crippen molar-refractivity contribution in [2.24, 2.45) is 0 Å². The van der Waals surface area contributed by atoms with Gasteiger partial charge in [0.1, 0.15) is 0 Å². The van der Waals surface area contributed by atoms with Gasteiger partial charge in [-0.3, -0.25) is 10.7 Å². The predicted molar refractivity (Wildman–Crippen MR) is 41.9 cm³/mol. The molecule has 0 bridgehead atoms. The Labute approximate surface area is 76.9 Å². The Bertz CT molecular complexity index is 313. The van der Waals surface area contributed by atoms with Crippen LogP contribution in [-0.2, 0) is 6.18 Å². The number of hydrogen-bond acceptors (Lipinski definition) is 2. The Morgan fingerprint density at radius 2 is 1.92 bits per heavy atom. The highest BCUT2D eigenvalue weighted by Crippen LogP contribution is 2.39. The summed E-state index contributed by atoms with van der Waals surface area (Å²) in [6.45, 7) is 0. The quantitative estimate of drug-likeness (QED) is 0.700. The molecule has 0 atom stereocenters. The van der Waals surface area contributed by atoms with E-state index in [1.54, 1.807) is 0 Å². The van der Waals surface area contributed by atoms with Gasteiger partial charge in [-0.15, -0.1) is 0 Å². The first-order valence-electron chi connectivity index (χ1n) is 3.22. The van der Waals surface area contributed by atoms with Crippen molar-refractivity contribution in [2.45, 2.75) is 6.18 Å². The van der Waals surface area contributed by atoms with Gasteiger partial charge in [-0.1, -0.05) is 17.7 Å². The third-order valence-corrected chi connectivity index (χ3v) is 1.73. The zero-order valence-electron chi connectivity index (χ0n) is 6.19. The van der Waals surface area contributed by atoms with Gasteiger partial charge in [0.05, 0.1) is 16.3 Å². The van der Waals surface area contributed by atoms with Crippen LogP contribution in [0, 0.1) is 0 Å². The van der Waals surface area contributed by atoms with Crippen LogP contribution < -0.4 is 5.48 Å². The molecule has 2 nitrogen and oxygen atoms in total. The van der Waals surface area contributed by atoms with E-state index < -0.39 is 22.4 Å². The minimum Gasteiger partial charge on any atom is -0.291 e. The van der Waals surface area contributed by atoms with Crippen LogP contribution in [0.1, 0.15) is 5.56 Å². The number of anilines is 1. The average Bonchev–Trinajstić information content (AvgIpc) is 2.01. The topological polar surface area (TPSA) is 32.3 Å². The van der Waals surface area contributed by atoms with Crippen molar-refractivity contribution in [2.75, 3.05) is 5.48 Å². The highest BCUT2D eigenvalue weighted by Gasteiger charge is 2.35. The van der Waals surface area contributed by atoms with Crippen molar-refractivity contribution in [3.8, 4) is 0 Å². The van der Waals surface area contributed by atoms with Gasteiger partial charge in [0.25, 0.3) is 0 Å². The molecule has 0 aliphatic carbocycles. The Morgan fingerprint density at radius 1 is 1.31 bits per heavy atom. The van der Waals surface area contributed by atoms with E-state index in [0.29, 0.717) is 0 Å². The zero-order chi connectivity index (χ0) is 10.1. The van der Waals surface area contributed by atoms with Crippen LogP contribution in [0.3, 0.4) is 0 Å². The van der Waals surface area contributed by atoms with Gasteiger partial charge >= 0.3 is 6.18 Å². The molecule has 0 fully saturated rings. The summed E-state index contributed by atoms with van der Waals surface area (Å²) in [6.07, 6.45) is -4.58. The molecular formula is C7H5ClF3NO. The molecule has 0 unspecified atom stereocenters. The summed E-state index contributed by atoms with van der Waals surface area (Å²) in [5.74, 6) is 0. The fourth-order valence-corrected chi connectivity index (χ4v) is 1.19. The van der Waals surface area contributed by atoms with E-state index in [0.717, 1.165) is 12.1 Å². The molecule has 2 N–H and O–H groups in total. The van der Waals surface area contributed by atoms with Crippen molar-refractivity contribution < 1.29 is 18.4 Å². The molecule has 0 radical (unpaired) electrons. The van der Waals surface area contributed by atoms with E-state index in [9.17, 15) is 13.2 Å². The number of benzene rings is 1. The summed E-state index contributed by atoms with van der Waals surface area (Å²) in [5.41, 5.74) is -0.0901. The highest BCUT2D eigenvalue weighted by molar-refractivity contribution is 6.31. The molecule has 1 rings (SSSR count). The van der Waals surface area contributed by atoms with Gasteiger partial charge in [0.2, 0.25) is 0 Å². The van der Waals surface area contributed by atoms with Crippen LogP contribution >= 0.6 is 11.6 Å². The fraction of sp³-hybridized carbons (Fsp3) is 0.143. The fourth-order valence-electron chi connectivity index (χ4n) is 0.905. The molecule has 0 spiro atoms. The van der Waals surface area contributed by atoms with Crippen LogP contribution in [0.4, 0.5) is 18.9 Å². The molecule has 6 heteroatoms. The molecule has 1 aromatic rings. The summed E-state index contributed by atoms with van der Waals surface area (Å²) in [7, 11) is 0. The third-order valence-electron chi connectivity index (χ3n) is 1.42. The third kappa shape index (κ3) is 2.05. The molecule has 0 aliphatic rings. The molecule has 0 amide bonds. The smallest absolute Gasteiger partial charge is 0.291 e. The minimum absolute atomic E-state index is 0.452. The number of alkyl halides is 3. The van der Waals surface area contributed by atoms with Crippen LogP contribution in [0.5, 0.6) is 0 Å². The lowest BCUT2D eigenvalue weighted by Crippen LogP contribution is -2.09. The van der Waals surface area contributed by atoms with Gasteiger partial charge in [-0.05, 0) is 12.1 Å². The summed E-state index contributed by atoms with van der Waals surface area (Å²) in [4.78, 5) is 0. The maximum Gasteiger partial charge on any atom is 0.419 e. The second kappa shape index (κ2) is 3.43. The van der Waals surface area contributed by atoms with E-state index in [1.165, 1.54) is 11.5 Å². The van der Waals surface area contributed by atoms with Crippen LogP contribution in [0.25, 0.3) is 0 Å². The molecule has 0 aliphatic heterocycles. The van der Waals surface area contributed by atoms with E-state index in [2.05, 4.69) is 0 Å². The lowest BCUT2D eigenvalue weighted by molar-refractivity contribution is -0.137. The maximum atomic E-state index is 12.3. The van der Waals surface area contributed by atoms with Crippen molar-refractivity contribution in [3.05, 3.63) is 28.8 Å². The van der Waals surface area contributed by atoms with Crippen molar-refractivity contribution in [1.82, 2.24) is 0 Å². The van der Waals surface area contributed by atoms with Crippen LogP contribution in [0.2, 0.25) is 5.02 Å². The van der Waals surface area contributed by atoms with Gasteiger partial charge in [0.15, 0.2) is 0 Å². The first-order chi connectivity index (χ1) is 5.96. The predicted octanol–water partition coefficient (Wildman–Crippen LogP) is 3.16. The Hall–Kier alpha value is -0.940. The highest BCUT2D eigenvalue weighted by atomic mass is 35.5. The monoisotopic (exact) mass is 211 g/mol. The average molecular weight is 212 g/mol. The molecular weight excluding hydrogens is 207 g/mol.